The summed E-state index contributed by atoms with van der Waals surface area (Å²) in [7, 11) is -3.18. The van der Waals surface area contributed by atoms with E-state index in [4.69, 9.17) is 0 Å². The van der Waals surface area contributed by atoms with E-state index in [0.29, 0.717) is 51.1 Å². The Morgan fingerprint density at radius 2 is 1.81 bits per heavy atom. The Kier molecular flexibility index (Phi) is 5.95. The average Bonchev–Trinajstić information content (AvgIpc) is 3.17. The van der Waals surface area contributed by atoms with Gasteiger partial charge >= 0.3 is 0 Å². The van der Waals surface area contributed by atoms with Gasteiger partial charge in [0.1, 0.15) is 0 Å². The number of fused-ring (bicyclic) bond motifs is 1. The van der Waals surface area contributed by atoms with Crippen molar-refractivity contribution in [3.05, 3.63) is 33.4 Å². The molecular formula is C21H31N5O4S. The van der Waals surface area contributed by atoms with Crippen LogP contribution in [0.4, 0.5) is 0 Å². The second-order valence-electron chi connectivity index (χ2n) is 8.78. The van der Waals surface area contributed by atoms with Crippen molar-refractivity contribution in [2.24, 2.45) is 5.92 Å². The molecule has 4 heterocycles. The number of nitrogens with zero attached hydrogens (tertiary/aromatic N) is 4. The lowest BCUT2D eigenvalue weighted by atomic mass is 9.91. The van der Waals surface area contributed by atoms with Gasteiger partial charge in [-0.1, -0.05) is 6.92 Å². The third-order valence-electron chi connectivity index (χ3n) is 6.81. The van der Waals surface area contributed by atoms with Crippen LogP contribution in [0.1, 0.15) is 55.5 Å². The van der Waals surface area contributed by atoms with Crippen LogP contribution in [0.5, 0.6) is 0 Å². The number of aromatic nitrogens is 3. The molecule has 0 aromatic carbocycles. The number of carbonyl (C=O) groups excluding carboxylic acids is 1. The molecule has 2 fully saturated rings. The van der Waals surface area contributed by atoms with Crippen LogP contribution in [-0.4, -0.2) is 70.6 Å². The molecule has 9 nitrogen and oxygen atoms in total. The predicted molar refractivity (Wildman–Crippen MR) is 118 cm³/mol. The number of likely N-dealkylation sites (tertiary alicyclic amines) is 1. The molecular weight excluding hydrogens is 418 g/mol. The zero-order valence-electron chi connectivity index (χ0n) is 18.4. The van der Waals surface area contributed by atoms with Crippen LogP contribution in [-0.2, 0) is 21.2 Å². The third-order valence-corrected chi connectivity index (χ3v) is 8.11. The van der Waals surface area contributed by atoms with Gasteiger partial charge in [-0.3, -0.25) is 14.7 Å². The highest BCUT2D eigenvalue weighted by Gasteiger charge is 2.33. The zero-order valence-corrected chi connectivity index (χ0v) is 19.2. The fraction of sp³-hybridized carbons (Fsp3) is 0.667. The molecule has 0 aliphatic carbocycles. The van der Waals surface area contributed by atoms with E-state index in [2.05, 4.69) is 10.1 Å². The number of H-pyrrole nitrogens is 1. The summed E-state index contributed by atoms with van der Waals surface area (Å²) in [5.41, 5.74) is 3.11. The summed E-state index contributed by atoms with van der Waals surface area (Å²) in [5.74, 6) is 0.299. The zero-order chi connectivity index (χ0) is 22.3. The lowest BCUT2D eigenvalue weighted by Crippen LogP contribution is -2.46. The van der Waals surface area contributed by atoms with Gasteiger partial charge in [0.05, 0.1) is 6.26 Å². The van der Waals surface area contributed by atoms with Gasteiger partial charge in [-0.2, -0.15) is 0 Å². The smallest absolute Gasteiger partial charge is 0.276 e. The van der Waals surface area contributed by atoms with Gasteiger partial charge in [-0.15, -0.1) is 0 Å². The minimum Gasteiger partial charge on any atom is -0.342 e. The number of piperidine rings is 2. The SMILES string of the molecule is CCc1c(C)nc2cc(C3CCN(C(=O)C4CCN(S(C)(=O)=O)CC4)CC3)[nH]n2c1=O. The van der Waals surface area contributed by atoms with Crippen molar-refractivity contribution in [2.75, 3.05) is 32.4 Å². The van der Waals surface area contributed by atoms with Crippen LogP contribution >= 0.6 is 0 Å². The fourth-order valence-corrected chi connectivity index (χ4v) is 5.78. The maximum atomic E-state index is 12.9. The van der Waals surface area contributed by atoms with Crippen molar-refractivity contribution in [3.8, 4) is 0 Å². The van der Waals surface area contributed by atoms with E-state index in [1.165, 1.54) is 15.1 Å². The van der Waals surface area contributed by atoms with Gasteiger partial charge in [0, 0.05) is 61.0 Å². The van der Waals surface area contributed by atoms with Crippen LogP contribution in [0.2, 0.25) is 0 Å². The summed E-state index contributed by atoms with van der Waals surface area (Å²) >= 11 is 0. The van der Waals surface area contributed by atoms with E-state index >= 15 is 0 Å². The fourth-order valence-electron chi connectivity index (χ4n) is 4.91. The maximum absolute atomic E-state index is 12.9. The van der Waals surface area contributed by atoms with E-state index < -0.39 is 10.0 Å². The van der Waals surface area contributed by atoms with Crippen molar-refractivity contribution >= 4 is 21.6 Å². The van der Waals surface area contributed by atoms with Crippen LogP contribution < -0.4 is 5.56 Å². The third kappa shape index (κ3) is 4.27. The van der Waals surface area contributed by atoms with Crippen LogP contribution in [0.3, 0.4) is 0 Å². The van der Waals surface area contributed by atoms with E-state index in [-0.39, 0.29) is 23.3 Å². The lowest BCUT2D eigenvalue weighted by Gasteiger charge is -2.36. The van der Waals surface area contributed by atoms with Crippen molar-refractivity contribution in [1.82, 2.24) is 23.8 Å². The number of nitrogens with one attached hydrogen (secondary N) is 1. The number of aromatic amines is 1. The van der Waals surface area contributed by atoms with E-state index in [1.807, 2.05) is 24.8 Å². The number of sulfonamides is 1. The highest BCUT2D eigenvalue weighted by atomic mass is 32.2. The van der Waals surface area contributed by atoms with Crippen LogP contribution in [0, 0.1) is 12.8 Å². The Morgan fingerprint density at radius 3 is 2.39 bits per heavy atom. The molecule has 2 aliphatic heterocycles. The first kappa shape index (κ1) is 22.0. The monoisotopic (exact) mass is 449 g/mol. The second kappa shape index (κ2) is 8.38. The highest BCUT2D eigenvalue weighted by Crippen LogP contribution is 2.30. The summed E-state index contributed by atoms with van der Waals surface area (Å²) in [6.07, 6.45) is 4.70. The molecule has 0 saturated carbocycles. The van der Waals surface area contributed by atoms with E-state index in [0.717, 1.165) is 29.8 Å². The Bertz CT molecular complexity index is 1140. The number of carbonyl (C=O) groups is 1. The number of aryl methyl sites for hydroxylation is 1. The van der Waals surface area contributed by atoms with Gasteiger partial charge < -0.3 is 4.90 Å². The molecule has 170 valence electrons. The van der Waals surface area contributed by atoms with Gasteiger partial charge in [0.15, 0.2) is 5.65 Å². The molecule has 0 atom stereocenters. The first-order valence-electron chi connectivity index (χ1n) is 11.0. The number of hydrogen-bond acceptors (Lipinski definition) is 5. The standard InChI is InChI=1S/C21H31N5O4S/c1-4-17-14(2)22-19-13-18(23-26(19)21(17)28)15-5-9-24(10-6-15)20(27)16-7-11-25(12-8-16)31(3,29)30/h13,15-16,23H,4-12H2,1-3H3. The average molecular weight is 450 g/mol. The first-order chi connectivity index (χ1) is 14.7. The van der Waals surface area contributed by atoms with Crippen molar-refractivity contribution in [1.29, 1.82) is 0 Å². The molecule has 2 aromatic rings. The van der Waals surface area contributed by atoms with Crippen molar-refractivity contribution in [3.63, 3.8) is 0 Å². The lowest BCUT2D eigenvalue weighted by molar-refractivity contribution is -0.137. The highest BCUT2D eigenvalue weighted by molar-refractivity contribution is 7.88. The molecule has 0 spiro atoms. The van der Waals surface area contributed by atoms with E-state index in [1.54, 1.807) is 0 Å². The Hall–Kier alpha value is -2.20. The van der Waals surface area contributed by atoms with Crippen LogP contribution in [0.15, 0.2) is 10.9 Å². The summed E-state index contributed by atoms with van der Waals surface area (Å²) in [4.78, 5) is 32.1. The quantitative estimate of drug-likeness (QED) is 0.756. The second-order valence-corrected chi connectivity index (χ2v) is 10.8. The Labute approximate surface area is 182 Å². The molecule has 10 heteroatoms. The topological polar surface area (TPSA) is 108 Å². The van der Waals surface area contributed by atoms with E-state index in [9.17, 15) is 18.0 Å². The van der Waals surface area contributed by atoms with Gasteiger partial charge in [-0.25, -0.2) is 22.2 Å². The first-order valence-corrected chi connectivity index (χ1v) is 12.9. The summed E-state index contributed by atoms with van der Waals surface area (Å²) in [5, 5.41) is 3.24. The Morgan fingerprint density at radius 1 is 1.16 bits per heavy atom. The Balaban J connectivity index is 1.39. The van der Waals surface area contributed by atoms with Gasteiger partial charge in [-0.05, 0) is 39.0 Å². The number of hydrogen-bond donors (Lipinski definition) is 1. The van der Waals surface area contributed by atoms with Gasteiger partial charge in [0.2, 0.25) is 15.9 Å². The predicted octanol–water partition coefficient (Wildman–Crippen LogP) is 1.27. The number of amides is 1. The van der Waals surface area contributed by atoms with Crippen molar-refractivity contribution < 1.29 is 13.2 Å². The molecule has 0 radical (unpaired) electrons. The molecule has 4 rings (SSSR count). The molecule has 2 aromatic heterocycles. The molecule has 2 saturated heterocycles. The van der Waals surface area contributed by atoms with Crippen LogP contribution in [0.25, 0.3) is 5.65 Å². The number of rotatable bonds is 4. The largest absolute Gasteiger partial charge is 0.342 e. The summed E-state index contributed by atoms with van der Waals surface area (Å²) in [6, 6.07) is 1.96. The van der Waals surface area contributed by atoms with Crippen molar-refractivity contribution in [2.45, 2.75) is 51.9 Å². The normalized spacial score (nSPS) is 19.9. The minimum absolute atomic E-state index is 0.0377. The molecule has 2 aliphatic rings. The maximum Gasteiger partial charge on any atom is 0.276 e. The van der Waals surface area contributed by atoms with Gasteiger partial charge in [0.25, 0.3) is 5.56 Å². The minimum atomic E-state index is -3.18. The molecule has 0 bridgehead atoms. The molecule has 1 N–H and O–H groups in total. The molecule has 0 unspecified atom stereocenters. The molecule has 31 heavy (non-hydrogen) atoms. The molecule has 1 amide bonds. The summed E-state index contributed by atoms with van der Waals surface area (Å²) in [6.45, 7) is 6.01. The summed E-state index contributed by atoms with van der Waals surface area (Å²) < 4.78 is 26.3.